The van der Waals surface area contributed by atoms with Crippen molar-refractivity contribution >= 4 is 35.8 Å². The molecule has 1 unspecified atom stereocenters. The fourth-order valence-electron chi connectivity index (χ4n) is 3.93. The summed E-state index contributed by atoms with van der Waals surface area (Å²) in [6.45, 7) is 3.99. The number of benzene rings is 2. The second-order valence-corrected chi connectivity index (χ2v) is 6.82. The minimum absolute atomic E-state index is 0. The average molecular weight is 423 g/mol. The minimum atomic E-state index is 0. The number of rotatable bonds is 5. The summed E-state index contributed by atoms with van der Waals surface area (Å²) in [5.41, 5.74) is 3.53. The lowest BCUT2D eigenvalue weighted by atomic mass is 10.0. The van der Waals surface area contributed by atoms with Gasteiger partial charge in [0.2, 0.25) is 0 Å². The van der Waals surface area contributed by atoms with E-state index in [4.69, 9.17) is 9.72 Å². The molecule has 1 aromatic heterocycles. The smallest absolute Gasteiger partial charge is 0.123 e. The molecule has 1 aliphatic rings. The third-order valence-corrected chi connectivity index (χ3v) is 5.35. The predicted molar refractivity (Wildman–Crippen MR) is 119 cm³/mol. The number of piperazine rings is 1. The molecule has 0 aliphatic carbocycles. The van der Waals surface area contributed by atoms with Crippen molar-refractivity contribution in [3.63, 3.8) is 0 Å². The third-order valence-electron chi connectivity index (χ3n) is 5.35. The van der Waals surface area contributed by atoms with Crippen LogP contribution < -0.4 is 10.1 Å². The van der Waals surface area contributed by atoms with E-state index in [-0.39, 0.29) is 24.8 Å². The Morgan fingerprint density at radius 2 is 1.86 bits per heavy atom. The van der Waals surface area contributed by atoms with Crippen LogP contribution in [0.1, 0.15) is 17.4 Å². The molecule has 2 aromatic carbocycles. The van der Waals surface area contributed by atoms with Crippen LogP contribution in [0.3, 0.4) is 0 Å². The first-order chi connectivity index (χ1) is 12.8. The molecule has 1 fully saturated rings. The highest BCUT2D eigenvalue weighted by Crippen LogP contribution is 2.30. The zero-order valence-electron chi connectivity index (χ0n) is 16.3. The van der Waals surface area contributed by atoms with Gasteiger partial charge >= 0.3 is 0 Å². The molecule has 1 saturated heterocycles. The van der Waals surface area contributed by atoms with Crippen molar-refractivity contribution in [1.29, 1.82) is 0 Å². The summed E-state index contributed by atoms with van der Waals surface area (Å²) in [6, 6.07) is 17.0. The van der Waals surface area contributed by atoms with Crippen LogP contribution in [0.4, 0.5) is 0 Å². The van der Waals surface area contributed by atoms with Crippen molar-refractivity contribution in [1.82, 2.24) is 19.8 Å². The Hall–Kier alpha value is -1.79. The van der Waals surface area contributed by atoms with E-state index in [1.807, 2.05) is 18.2 Å². The van der Waals surface area contributed by atoms with Crippen LogP contribution in [-0.2, 0) is 13.5 Å². The van der Waals surface area contributed by atoms with E-state index in [1.165, 1.54) is 11.1 Å². The molecule has 4 rings (SSSR count). The van der Waals surface area contributed by atoms with Gasteiger partial charge in [-0.3, -0.25) is 4.90 Å². The van der Waals surface area contributed by atoms with Crippen LogP contribution in [0, 0.1) is 0 Å². The molecule has 2 heterocycles. The van der Waals surface area contributed by atoms with E-state index >= 15 is 0 Å². The van der Waals surface area contributed by atoms with E-state index in [9.17, 15) is 0 Å². The van der Waals surface area contributed by atoms with E-state index in [0.29, 0.717) is 6.04 Å². The van der Waals surface area contributed by atoms with Gasteiger partial charge in [-0.1, -0.05) is 30.3 Å². The fourth-order valence-corrected chi connectivity index (χ4v) is 3.93. The van der Waals surface area contributed by atoms with Gasteiger partial charge in [-0.2, -0.15) is 0 Å². The van der Waals surface area contributed by atoms with Crippen LogP contribution in [0.25, 0.3) is 11.0 Å². The molecule has 3 aromatic rings. The normalized spacial score (nSPS) is 17.0. The molecule has 0 radical (unpaired) electrons. The minimum Gasteiger partial charge on any atom is -0.496 e. The summed E-state index contributed by atoms with van der Waals surface area (Å²) in [5, 5.41) is 3.53. The van der Waals surface area contributed by atoms with Gasteiger partial charge in [0, 0.05) is 45.2 Å². The Balaban J connectivity index is 0.00000140. The van der Waals surface area contributed by atoms with Crippen molar-refractivity contribution in [2.75, 3.05) is 33.3 Å². The largest absolute Gasteiger partial charge is 0.496 e. The van der Waals surface area contributed by atoms with Crippen LogP contribution in [-0.4, -0.2) is 47.7 Å². The number of aromatic nitrogens is 2. The van der Waals surface area contributed by atoms with Gasteiger partial charge in [0.05, 0.1) is 24.2 Å². The van der Waals surface area contributed by atoms with Gasteiger partial charge in [0.25, 0.3) is 0 Å². The topological polar surface area (TPSA) is 42.3 Å². The Labute approximate surface area is 178 Å². The van der Waals surface area contributed by atoms with Crippen LogP contribution in [0.2, 0.25) is 0 Å². The highest BCUT2D eigenvalue weighted by molar-refractivity contribution is 5.85. The molecule has 28 heavy (non-hydrogen) atoms. The molecule has 0 amide bonds. The molecule has 1 atom stereocenters. The number of aryl methyl sites for hydroxylation is 1. The zero-order chi connectivity index (χ0) is 17.9. The Kier molecular flexibility index (Phi) is 8.13. The summed E-state index contributed by atoms with van der Waals surface area (Å²) in [6.07, 6.45) is 0.941. The van der Waals surface area contributed by atoms with Crippen molar-refractivity contribution in [3.8, 4) is 5.75 Å². The van der Waals surface area contributed by atoms with E-state index in [1.54, 1.807) is 7.11 Å². The number of methoxy groups -OCH3 is 1. The van der Waals surface area contributed by atoms with Crippen molar-refractivity contribution in [3.05, 3.63) is 59.9 Å². The van der Waals surface area contributed by atoms with Gasteiger partial charge < -0.3 is 14.6 Å². The van der Waals surface area contributed by atoms with Gasteiger partial charge in [0.1, 0.15) is 11.6 Å². The van der Waals surface area contributed by atoms with E-state index in [2.05, 4.69) is 52.2 Å². The van der Waals surface area contributed by atoms with Crippen molar-refractivity contribution in [2.24, 2.45) is 7.05 Å². The first kappa shape index (κ1) is 22.5. The van der Waals surface area contributed by atoms with Gasteiger partial charge in [-0.15, -0.1) is 24.8 Å². The highest BCUT2D eigenvalue weighted by Gasteiger charge is 2.26. The summed E-state index contributed by atoms with van der Waals surface area (Å²) in [4.78, 5) is 7.37. The number of halogens is 2. The van der Waals surface area contributed by atoms with Crippen LogP contribution >= 0.6 is 24.8 Å². The van der Waals surface area contributed by atoms with Crippen LogP contribution in [0.5, 0.6) is 5.75 Å². The summed E-state index contributed by atoms with van der Waals surface area (Å²) < 4.78 is 7.82. The number of hydrogen-bond donors (Lipinski definition) is 1. The quantitative estimate of drug-likeness (QED) is 0.681. The Morgan fingerprint density at radius 1 is 1.11 bits per heavy atom. The third kappa shape index (κ3) is 4.44. The Bertz CT molecular complexity index is 899. The molecule has 7 heteroatoms. The van der Waals surface area contributed by atoms with Gasteiger partial charge in [-0.25, -0.2) is 4.98 Å². The van der Waals surface area contributed by atoms with Crippen molar-refractivity contribution < 1.29 is 4.74 Å². The first-order valence-electron chi connectivity index (χ1n) is 9.26. The summed E-state index contributed by atoms with van der Waals surface area (Å²) in [7, 11) is 3.86. The average Bonchev–Trinajstić information content (AvgIpc) is 3.02. The lowest BCUT2D eigenvalue weighted by Crippen LogP contribution is -2.46. The fraction of sp³-hybridized carbons (Fsp3) is 0.381. The highest BCUT2D eigenvalue weighted by atomic mass is 35.5. The van der Waals surface area contributed by atoms with E-state index in [0.717, 1.165) is 49.7 Å². The number of nitrogens with zero attached hydrogens (tertiary/aromatic N) is 3. The number of hydrogen-bond acceptors (Lipinski definition) is 4. The lowest BCUT2D eigenvalue weighted by Gasteiger charge is -2.37. The number of ether oxygens (including phenoxy) is 1. The zero-order valence-corrected chi connectivity index (χ0v) is 17.9. The molecule has 0 bridgehead atoms. The summed E-state index contributed by atoms with van der Waals surface area (Å²) in [5.74, 6) is 2.11. The maximum atomic E-state index is 5.60. The van der Waals surface area contributed by atoms with Crippen LogP contribution in [0.15, 0.2) is 48.5 Å². The molecule has 0 saturated carbocycles. The first-order valence-corrected chi connectivity index (χ1v) is 9.26. The molecule has 152 valence electrons. The van der Waals surface area contributed by atoms with E-state index < -0.39 is 0 Å². The molecule has 1 aliphatic heterocycles. The lowest BCUT2D eigenvalue weighted by molar-refractivity contribution is 0.160. The van der Waals surface area contributed by atoms with Gasteiger partial charge in [0.15, 0.2) is 0 Å². The molecule has 1 N–H and O–H groups in total. The molecular weight excluding hydrogens is 395 g/mol. The summed E-state index contributed by atoms with van der Waals surface area (Å²) >= 11 is 0. The monoisotopic (exact) mass is 422 g/mol. The van der Waals surface area contributed by atoms with Gasteiger partial charge in [-0.05, 0) is 18.2 Å². The second-order valence-electron chi connectivity index (χ2n) is 6.82. The maximum absolute atomic E-state index is 5.60. The molecule has 5 nitrogen and oxygen atoms in total. The number of fused-ring (bicyclic) bond motifs is 1. The molecular formula is C21H28Cl2N4O. The number of para-hydroxylation sites is 3. The maximum Gasteiger partial charge on any atom is 0.123 e. The second kappa shape index (κ2) is 10.1. The number of imidazole rings is 1. The predicted octanol–water partition coefficient (Wildman–Crippen LogP) is 3.61. The molecule has 0 spiro atoms. The SMILES string of the molecule is COc1ccccc1C1CNCCN1CCc1nc2ccccc2n1C.Cl.Cl. The Morgan fingerprint density at radius 3 is 2.64 bits per heavy atom. The standard InChI is InChI=1S/C21H26N4O.2ClH/c1-24-18-9-5-4-8-17(18)23-21(24)11-13-25-14-12-22-15-19(25)16-7-3-6-10-20(16)26-2;;/h3-10,19,22H,11-15H2,1-2H3;2*1H. The van der Waals surface area contributed by atoms with Crippen molar-refractivity contribution in [2.45, 2.75) is 12.5 Å². The number of nitrogens with one attached hydrogen (secondary N) is 1.